The monoisotopic (exact) mass is 336 g/mol. The first-order valence-corrected chi connectivity index (χ1v) is 7.90. The maximum atomic E-state index is 13.5. The molecule has 24 heavy (non-hydrogen) atoms. The topological polar surface area (TPSA) is 83.5 Å². The summed E-state index contributed by atoms with van der Waals surface area (Å²) in [5.74, 6) is 1.07. The number of β-amino-alcohol motifs (C(OH)–C–C–N with tert-alkyl or cyclic N) is 1. The van der Waals surface area contributed by atoms with E-state index in [1.807, 2.05) is 6.92 Å². The van der Waals surface area contributed by atoms with Gasteiger partial charge in [-0.15, -0.1) is 0 Å². The first-order valence-electron chi connectivity index (χ1n) is 7.90. The van der Waals surface area contributed by atoms with Gasteiger partial charge in [-0.3, -0.25) is 10.00 Å². The highest BCUT2D eigenvalue weighted by atomic mass is 19.1. The molecule has 1 aliphatic rings. The van der Waals surface area contributed by atoms with E-state index in [0.717, 1.165) is 5.82 Å². The van der Waals surface area contributed by atoms with Crippen molar-refractivity contribution in [3.8, 4) is 5.75 Å². The van der Waals surface area contributed by atoms with Gasteiger partial charge in [0.25, 0.3) is 0 Å². The average molecular weight is 336 g/mol. The Morgan fingerprint density at radius 3 is 3.08 bits per heavy atom. The minimum absolute atomic E-state index is 0.0305. The molecule has 1 aromatic carbocycles. The molecule has 0 radical (unpaired) electrons. The van der Waals surface area contributed by atoms with Crippen LogP contribution in [0.25, 0.3) is 0 Å². The molecule has 0 saturated carbocycles. The van der Waals surface area contributed by atoms with E-state index in [1.54, 1.807) is 18.2 Å². The number of ether oxygens (including phenoxy) is 2. The van der Waals surface area contributed by atoms with E-state index in [4.69, 9.17) is 9.47 Å². The van der Waals surface area contributed by atoms with Gasteiger partial charge < -0.3 is 14.6 Å². The fraction of sp³-hybridized carbons (Fsp3) is 0.500. The normalized spacial score (nSPS) is 20.0. The summed E-state index contributed by atoms with van der Waals surface area (Å²) < 4.78 is 24.5. The molecular weight excluding hydrogens is 315 g/mol. The molecule has 0 unspecified atom stereocenters. The van der Waals surface area contributed by atoms with Crippen molar-refractivity contribution in [2.24, 2.45) is 0 Å². The van der Waals surface area contributed by atoms with Crippen LogP contribution >= 0.6 is 0 Å². The van der Waals surface area contributed by atoms with Gasteiger partial charge in [-0.05, 0) is 19.1 Å². The summed E-state index contributed by atoms with van der Waals surface area (Å²) in [4.78, 5) is 6.35. The van der Waals surface area contributed by atoms with Gasteiger partial charge in [0.15, 0.2) is 17.4 Å². The zero-order chi connectivity index (χ0) is 16.9. The number of hydrogen-bond donors (Lipinski definition) is 2. The highest BCUT2D eigenvalue weighted by Gasteiger charge is 2.26. The van der Waals surface area contributed by atoms with Crippen molar-refractivity contribution in [3.63, 3.8) is 0 Å². The molecule has 1 aliphatic heterocycles. The molecule has 130 valence electrons. The molecule has 1 fully saturated rings. The molecule has 2 N–H and O–H groups in total. The van der Waals surface area contributed by atoms with E-state index in [9.17, 15) is 9.50 Å². The van der Waals surface area contributed by atoms with Crippen molar-refractivity contribution < 1.29 is 19.0 Å². The van der Waals surface area contributed by atoms with Crippen LogP contribution in [-0.2, 0) is 4.74 Å². The number of aliphatic hydroxyl groups excluding tert-OH is 1. The first kappa shape index (κ1) is 16.8. The minimum atomic E-state index is -0.725. The number of morpholine rings is 1. The summed E-state index contributed by atoms with van der Waals surface area (Å²) in [7, 11) is 0. The number of para-hydroxylation sites is 1. The van der Waals surface area contributed by atoms with Crippen LogP contribution in [0.15, 0.2) is 24.3 Å². The molecule has 0 amide bonds. The molecule has 2 heterocycles. The van der Waals surface area contributed by atoms with E-state index in [2.05, 4.69) is 20.1 Å². The van der Waals surface area contributed by atoms with Gasteiger partial charge >= 0.3 is 0 Å². The van der Waals surface area contributed by atoms with Gasteiger partial charge in [0.05, 0.1) is 6.61 Å². The molecule has 1 aromatic heterocycles. The lowest BCUT2D eigenvalue weighted by molar-refractivity contribution is -0.0494. The number of benzene rings is 1. The van der Waals surface area contributed by atoms with E-state index in [-0.39, 0.29) is 18.5 Å². The smallest absolute Gasteiger partial charge is 0.180 e. The minimum Gasteiger partial charge on any atom is -0.488 e. The van der Waals surface area contributed by atoms with Crippen LogP contribution in [-0.4, -0.2) is 64.1 Å². The number of hydrogen-bond acceptors (Lipinski definition) is 6. The maximum Gasteiger partial charge on any atom is 0.180 e. The lowest BCUT2D eigenvalue weighted by atomic mass is 10.2. The SMILES string of the molecule is Cc1nc([C@@H]2CN(C[C@@H](O)COc3ccccc3F)CCO2)n[nH]1. The molecule has 2 aromatic rings. The Morgan fingerprint density at radius 2 is 2.33 bits per heavy atom. The third-order valence-corrected chi connectivity index (χ3v) is 3.79. The number of rotatable bonds is 6. The first-order chi connectivity index (χ1) is 11.6. The second kappa shape index (κ2) is 7.69. The maximum absolute atomic E-state index is 13.5. The number of aliphatic hydroxyl groups is 1. The highest BCUT2D eigenvalue weighted by molar-refractivity contribution is 5.23. The molecule has 8 heteroatoms. The van der Waals surface area contributed by atoms with Crippen LogP contribution in [0.1, 0.15) is 17.8 Å². The van der Waals surface area contributed by atoms with Crippen LogP contribution < -0.4 is 4.74 Å². The Morgan fingerprint density at radius 1 is 1.50 bits per heavy atom. The van der Waals surface area contributed by atoms with Gasteiger partial charge in [0, 0.05) is 19.6 Å². The summed E-state index contributed by atoms with van der Waals surface area (Å²) in [6, 6.07) is 6.15. The largest absolute Gasteiger partial charge is 0.488 e. The Kier molecular flexibility index (Phi) is 5.39. The van der Waals surface area contributed by atoms with Crippen LogP contribution in [0.4, 0.5) is 4.39 Å². The van der Waals surface area contributed by atoms with Crippen molar-refractivity contribution in [3.05, 3.63) is 41.7 Å². The second-order valence-corrected chi connectivity index (χ2v) is 5.79. The lowest BCUT2D eigenvalue weighted by Gasteiger charge is -2.32. The molecule has 7 nitrogen and oxygen atoms in total. The fourth-order valence-corrected chi connectivity index (χ4v) is 2.63. The zero-order valence-corrected chi connectivity index (χ0v) is 13.5. The van der Waals surface area contributed by atoms with Gasteiger partial charge in [-0.1, -0.05) is 12.1 Å². The predicted octanol–water partition coefficient (Wildman–Crippen LogP) is 1.07. The molecular formula is C16H21FN4O3. The van der Waals surface area contributed by atoms with Gasteiger partial charge in [-0.25, -0.2) is 9.37 Å². The molecule has 2 atom stereocenters. The number of aromatic amines is 1. The van der Waals surface area contributed by atoms with Crippen molar-refractivity contribution in [2.45, 2.75) is 19.1 Å². The molecule has 0 spiro atoms. The predicted molar refractivity (Wildman–Crippen MR) is 84.2 cm³/mol. The Labute approximate surface area is 139 Å². The van der Waals surface area contributed by atoms with Crippen LogP contribution in [0.3, 0.4) is 0 Å². The quantitative estimate of drug-likeness (QED) is 0.821. The Hall–Kier alpha value is -2.03. The van der Waals surface area contributed by atoms with Gasteiger partial charge in [0.1, 0.15) is 24.6 Å². The van der Waals surface area contributed by atoms with Gasteiger partial charge in [0.2, 0.25) is 0 Å². The van der Waals surface area contributed by atoms with Crippen LogP contribution in [0.5, 0.6) is 5.75 Å². The second-order valence-electron chi connectivity index (χ2n) is 5.79. The standard InChI is InChI=1S/C16H21FN4O3/c1-11-18-16(20-19-11)15-9-21(6-7-23-15)8-12(22)10-24-14-5-3-2-4-13(14)17/h2-5,12,15,22H,6-10H2,1H3,(H,18,19,20)/t12-,15+/m1/s1. The van der Waals surface area contributed by atoms with Crippen molar-refractivity contribution in [1.82, 2.24) is 20.1 Å². The molecule has 1 saturated heterocycles. The third-order valence-electron chi connectivity index (χ3n) is 3.79. The molecule has 0 aliphatic carbocycles. The Bertz CT molecular complexity index is 666. The van der Waals surface area contributed by atoms with Crippen LogP contribution in [0, 0.1) is 12.7 Å². The van der Waals surface area contributed by atoms with E-state index in [1.165, 1.54) is 6.07 Å². The van der Waals surface area contributed by atoms with Crippen molar-refractivity contribution >= 4 is 0 Å². The average Bonchev–Trinajstić information content (AvgIpc) is 3.01. The summed E-state index contributed by atoms with van der Waals surface area (Å²) in [5, 5.41) is 17.1. The van der Waals surface area contributed by atoms with E-state index >= 15 is 0 Å². The van der Waals surface area contributed by atoms with Crippen molar-refractivity contribution in [1.29, 1.82) is 0 Å². The summed E-state index contributed by atoms with van der Waals surface area (Å²) >= 11 is 0. The molecule has 0 bridgehead atoms. The van der Waals surface area contributed by atoms with Gasteiger partial charge in [-0.2, -0.15) is 5.10 Å². The summed E-state index contributed by atoms with van der Waals surface area (Å²) in [6.07, 6.45) is -0.944. The number of H-pyrrole nitrogens is 1. The summed E-state index contributed by atoms with van der Waals surface area (Å²) in [5.41, 5.74) is 0. The summed E-state index contributed by atoms with van der Waals surface area (Å²) in [6.45, 7) is 4.12. The van der Waals surface area contributed by atoms with Crippen molar-refractivity contribution in [2.75, 3.05) is 32.8 Å². The third kappa shape index (κ3) is 4.28. The van der Waals surface area contributed by atoms with E-state index < -0.39 is 11.9 Å². The number of aromatic nitrogens is 3. The lowest BCUT2D eigenvalue weighted by Crippen LogP contribution is -2.44. The molecule has 3 rings (SSSR count). The number of halogens is 1. The zero-order valence-electron chi connectivity index (χ0n) is 13.5. The number of nitrogens with zero attached hydrogens (tertiary/aromatic N) is 3. The number of nitrogens with one attached hydrogen (secondary N) is 1. The Balaban J connectivity index is 1.49. The number of aryl methyl sites for hydroxylation is 1. The highest BCUT2D eigenvalue weighted by Crippen LogP contribution is 2.19. The van der Waals surface area contributed by atoms with E-state index in [0.29, 0.717) is 32.1 Å². The fourth-order valence-electron chi connectivity index (χ4n) is 2.63. The van der Waals surface area contributed by atoms with Crippen LogP contribution in [0.2, 0.25) is 0 Å².